The van der Waals surface area contributed by atoms with Gasteiger partial charge in [0, 0.05) is 17.9 Å². The van der Waals surface area contributed by atoms with Gasteiger partial charge in [0.05, 0.1) is 6.04 Å². The molecule has 0 spiro atoms. The van der Waals surface area contributed by atoms with Crippen LogP contribution in [0, 0.1) is 0 Å². The van der Waals surface area contributed by atoms with Crippen LogP contribution in [-0.2, 0) is 0 Å². The number of anilines is 1. The third-order valence-electron chi connectivity index (χ3n) is 12.6. The Morgan fingerprint density at radius 2 is 1.04 bits per heavy atom. The fourth-order valence-electron chi connectivity index (χ4n) is 10.2. The van der Waals surface area contributed by atoms with Crippen molar-refractivity contribution in [3.63, 3.8) is 0 Å². The average molecular weight is 669 g/mol. The molecule has 1 aliphatic heterocycles. The molecule has 4 fully saturated rings. The zero-order valence-electron chi connectivity index (χ0n) is 32.1. The minimum Gasteiger partial charge on any atom is -0.369 e. The SMILES string of the molecule is CC(C)c1cccc(C(C)C)c1C1CNC(=C2CCCCC2P(C2CCCCC2)C2CCCCC2)N1c1c(C(C)C)cccc1C(C)C. The highest BCUT2D eigenvalue weighted by molar-refractivity contribution is 7.60. The van der Waals surface area contributed by atoms with Crippen molar-refractivity contribution in [2.75, 3.05) is 11.4 Å². The van der Waals surface area contributed by atoms with Crippen molar-refractivity contribution in [2.45, 2.75) is 192 Å². The van der Waals surface area contributed by atoms with E-state index in [0.29, 0.717) is 29.7 Å². The molecule has 264 valence electrons. The van der Waals surface area contributed by atoms with E-state index < -0.39 is 0 Å². The highest BCUT2D eigenvalue weighted by Gasteiger charge is 2.44. The fourth-order valence-corrected chi connectivity index (χ4v) is 14.9. The van der Waals surface area contributed by atoms with Gasteiger partial charge in [0.1, 0.15) is 5.82 Å². The van der Waals surface area contributed by atoms with Crippen LogP contribution in [0.25, 0.3) is 0 Å². The summed E-state index contributed by atoms with van der Waals surface area (Å²) in [6.45, 7) is 20.3. The Morgan fingerprint density at radius 1 is 0.583 bits per heavy atom. The third kappa shape index (κ3) is 7.32. The van der Waals surface area contributed by atoms with E-state index in [2.05, 4.69) is 102 Å². The smallest absolute Gasteiger partial charge is 0.106 e. The Kier molecular flexibility index (Phi) is 12.0. The van der Waals surface area contributed by atoms with Crippen LogP contribution in [0.1, 0.15) is 203 Å². The molecule has 2 atom stereocenters. The van der Waals surface area contributed by atoms with Crippen LogP contribution in [0.3, 0.4) is 0 Å². The van der Waals surface area contributed by atoms with Gasteiger partial charge >= 0.3 is 0 Å². The molecule has 3 heteroatoms. The Balaban J connectivity index is 1.59. The molecule has 2 aromatic carbocycles. The number of para-hydroxylation sites is 1. The standard InChI is InChI=1S/C45H69N2P/c1-30(2)36-24-17-25-37(31(3)4)43(36)41-29-46-45(47(41)44-38(32(5)6)26-18-27-39(44)33(7)8)40-23-15-16-28-42(40)48(34-19-11-9-12-20-34)35-21-13-10-14-22-35/h17-18,24-27,30-35,41-42,46H,9-16,19-23,28-29H2,1-8H3. The lowest BCUT2D eigenvalue weighted by atomic mass is 9.83. The zero-order valence-corrected chi connectivity index (χ0v) is 33.0. The summed E-state index contributed by atoms with van der Waals surface area (Å²) in [6.07, 6.45) is 20.4. The topological polar surface area (TPSA) is 15.3 Å². The predicted octanol–water partition coefficient (Wildman–Crippen LogP) is 13.6. The Hall–Kier alpha value is -1.79. The van der Waals surface area contributed by atoms with Crippen molar-refractivity contribution >= 4 is 13.6 Å². The van der Waals surface area contributed by atoms with Gasteiger partial charge in [0.25, 0.3) is 0 Å². The maximum atomic E-state index is 4.29. The van der Waals surface area contributed by atoms with E-state index in [-0.39, 0.29) is 7.92 Å². The molecule has 2 aromatic rings. The summed E-state index contributed by atoms with van der Waals surface area (Å²) in [5.74, 6) is 3.47. The second-order valence-electron chi connectivity index (χ2n) is 17.2. The average Bonchev–Trinajstić information content (AvgIpc) is 3.53. The number of nitrogens with zero attached hydrogens (tertiary/aromatic N) is 1. The van der Waals surface area contributed by atoms with Crippen molar-refractivity contribution in [3.8, 4) is 0 Å². The molecule has 2 nitrogen and oxygen atoms in total. The largest absolute Gasteiger partial charge is 0.369 e. The lowest BCUT2D eigenvalue weighted by Crippen LogP contribution is -2.34. The van der Waals surface area contributed by atoms with Gasteiger partial charge in [-0.15, -0.1) is 0 Å². The van der Waals surface area contributed by atoms with Crippen LogP contribution in [0.2, 0.25) is 0 Å². The van der Waals surface area contributed by atoms with Gasteiger partial charge in [0.15, 0.2) is 0 Å². The van der Waals surface area contributed by atoms with Gasteiger partial charge < -0.3 is 10.2 Å². The minimum absolute atomic E-state index is 0.0248. The first-order valence-corrected chi connectivity index (χ1v) is 22.0. The van der Waals surface area contributed by atoms with E-state index in [0.717, 1.165) is 23.5 Å². The van der Waals surface area contributed by atoms with Crippen LogP contribution < -0.4 is 10.2 Å². The van der Waals surface area contributed by atoms with Crippen LogP contribution in [0.4, 0.5) is 5.69 Å². The molecule has 1 saturated heterocycles. The van der Waals surface area contributed by atoms with Crippen molar-refractivity contribution in [1.82, 2.24) is 5.32 Å². The molecular formula is C45H69N2P. The second kappa shape index (κ2) is 16.0. The van der Waals surface area contributed by atoms with E-state index in [4.69, 9.17) is 0 Å². The number of allylic oxidation sites excluding steroid dienone is 1. The number of hydrogen-bond donors (Lipinski definition) is 1. The summed E-state index contributed by atoms with van der Waals surface area (Å²) in [5.41, 5.74) is 13.9. The van der Waals surface area contributed by atoms with Crippen LogP contribution in [-0.4, -0.2) is 23.5 Å². The molecule has 2 unspecified atom stereocenters. The van der Waals surface area contributed by atoms with Crippen molar-refractivity contribution < 1.29 is 0 Å². The van der Waals surface area contributed by atoms with Crippen LogP contribution in [0.15, 0.2) is 47.8 Å². The van der Waals surface area contributed by atoms with Crippen molar-refractivity contribution in [1.29, 1.82) is 0 Å². The van der Waals surface area contributed by atoms with Crippen molar-refractivity contribution in [3.05, 3.63) is 75.6 Å². The lowest BCUT2D eigenvalue weighted by Gasteiger charge is -2.46. The Morgan fingerprint density at radius 3 is 1.52 bits per heavy atom. The number of hydrogen-bond acceptors (Lipinski definition) is 2. The Labute approximate surface area is 297 Å². The van der Waals surface area contributed by atoms with E-state index in [1.807, 2.05) is 5.57 Å². The maximum absolute atomic E-state index is 4.29. The second-order valence-corrected chi connectivity index (χ2v) is 20.2. The summed E-state index contributed by atoms with van der Waals surface area (Å²) in [4.78, 5) is 2.95. The monoisotopic (exact) mass is 669 g/mol. The van der Waals surface area contributed by atoms with Gasteiger partial charge in [-0.2, -0.15) is 0 Å². The molecule has 1 N–H and O–H groups in total. The first-order chi connectivity index (χ1) is 23.2. The van der Waals surface area contributed by atoms with E-state index >= 15 is 0 Å². The van der Waals surface area contributed by atoms with Crippen LogP contribution >= 0.6 is 7.92 Å². The van der Waals surface area contributed by atoms with Gasteiger partial charge in [-0.1, -0.05) is 145 Å². The molecule has 6 rings (SSSR count). The molecule has 0 bridgehead atoms. The molecule has 3 aliphatic carbocycles. The molecule has 1 heterocycles. The molecule has 0 amide bonds. The summed E-state index contributed by atoms with van der Waals surface area (Å²) in [7, 11) is -0.0248. The van der Waals surface area contributed by atoms with Gasteiger partial charge in [-0.05, 0) is 113 Å². The normalized spacial score (nSPS) is 24.9. The van der Waals surface area contributed by atoms with E-state index in [1.54, 1.807) is 16.7 Å². The molecule has 3 saturated carbocycles. The van der Waals surface area contributed by atoms with Gasteiger partial charge in [-0.3, -0.25) is 0 Å². The van der Waals surface area contributed by atoms with Gasteiger partial charge in [-0.25, -0.2) is 0 Å². The number of rotatable bonds is 9. The molecular weight excluding hydrogens is 599 g/mol. The highest BCUT2D eigenvalue weighted by atomic mass is 31.1. The summed E-state index contributed by atoms with van der Waals surface area (Å²) in [5, 5.41) is 4.29. The minimum atomic E-state index is -0.0248. The Bertz CT molecular complexity index is 1320. The molecule has 48 heavy (non-hydrogen) atoms. The number of nitrogens with one attached hydrogen (secondary N) is 1. The first kappa shape index (κ1) is 36.0. The molecule has 4 aliphatic rings. The summed E-state index contributed by atoms with van der Waals surface area (Å²) in [6, 6.07) is 14.8. The quantitative estimate of drug-likeness (QED) is 0.268. The summed E-state index contributed by atoms with van der Waals surface area (Å²) < 4.78 is 0. The van der Waals surface area contributed by atoms with E-state index in [9.17, 15) is 0 Å². The molecule has 0 radical (unpaired) electrons. The van der Waals surface area contributed by atoms with E-state index in [1.165, 1.54) is 113 Å². The lowest BCUT2D eigenvalue weighted by molar-refractivity contribution is 0.476. The first-order valence-electron chi connectivity index (χ1n) is 20.5. The fraction of sp³-hybridized carbons (Fsp3) is 0.689. The summed E-state index contributed by atoms with van der Waals surface area (Å²) >= 11 is 0. The van der Waals surface area contributed by atoms with Gasteiger partial charge in [0.2, 0.25) is 0 Å². The molecule has 0 aromatic heterocycles. The zero-order chi connectivity index (χ0) is 33.9. The number of benzene rings is 2. The highest BCUT2D eigenvalue weighted by Crippen LogP contribution is 2.63. The third-order valence-corrected chi connectivity index (χ3v) is 16.6. The maximum Gasteiger partial charge on any atom is 0.106 e. The predicted molar refractivity (Wildman–Crippen MR) is 212 cm³/mol. The van der Waals surface area contributed by atoms with Crippen molar-refractivity contribution in [2.24, 2.45) is 0 Å². The van der Waals surface area contributed by atoms with Crippen LogP contribution in [0.5, 0.6) is 0 Å².